The fourth-order valence-electron chi connectivity index (χ4n) is 2.48. The third-order valence-corrected chi connectivity index (χ3v) is 3.75. The number of hydrogen-bond donors (Lipinski definition) is 1. The van der Waals surface area contributed by atoms with Gasteiger partial charge in [-0.25, -0.2) is 4.39 Å². The normalized spacial score (nSPS) is 10.2. The van der Waals surface area contributed by atoms with Crippen LogP contribution in [0.1, 0.15) is 27.9 Å². The Kier molecular flexibility index (Phi) is 6.55. The van der Waals surface area contributed by atoms with E-state index in [9.17, 15) is 9.18 Å². The average molecular weight is 327 g/mol. The van der Waals surface area contributed by atoms with Crippen molar-refractivity contribution in [2.75, 3.05) is 13.7 Å². The molecular weight excluding hydrogens is 305 g/mol. The number of nitrogens with one attached hydrogen (secondary N) is 1. The van der Waals surface area contributed by atoms with E-state index in [0.717, 1.165) is 29.7 Å². The monoisotopic (exact) mass is 327 g/mol. The van der Waals surface area contributed by atoms with Crippen LogP contribution in [0.25, 0.3) is 0 Å². The minimum absolute atomic E-state index is 0.109. The first kappa shape index (κ1) is 17.7. The van der Waals surface area contributed by atoms with Crippen molar-refractivity contribution in [1.29, 1.82) is 0 Å². The molecule has 0 atom stereocenters. The van der Waals surface area contributed by atoms with Crippen molar-refractivity contribution >= 4 is 5.91 Å². The van der Waals surface area contributed by atoms with E-state index >= 15 is 0 Å². The van der Waals surface area contributed by atoms with Gasteiger partial charge in [0.15, 0.2) is 0 Å². The molecule has 1 N–H and O–H groups in total. The van der Waals surface area contributed by atoms with Crippen LogP contribution in [0.2, 0.25) is 0 Å². The van der Waals surface area contributed by atoms with E-state index < -0.39 is 0 Å². The lowest BCUT2D eigenvalue weighted by Gasteiger charge is -2.10. The standard InChI is InChI=1S/C20H22FNO2/c1-3-5-16-14-17(9-12-19(16)24-2)20(23)22-13-4-6-15-7-10-18(21)11-8-15/h3,7-12,14H,1,4-6,13H2,2H3,(H,22,23). The van der Waals surface area contributed by atoms with Gasteiger partial charge < -0.3 is 10.1 Å². The van der Waals surface area contributed by atoms with Crippen LogP contribution in [-0.2, 0) is 12.8 Å². The van der Waals surface area contributed by atoms with Crippen molar-refractivity contribution in [2.24, 2.45) is 0 Å². The molecule has 2 rings (SSSR count). The molecule has 0 aromatic heterocycles. The number of ether oxygens (including phenoxy) is 1. The highest BCUT2D eigenvalue weighted by molar-refractivity contribution is 5.94. The van der Waals surface area contributed by atoms with E-state index in [4.69, 9.17) is 4.74 Å². The first-order valence-corrected chi connectivity index (χ1v) is 7.94. The van der Waals surface area contributed by atoms with Gasteiger partial charge in [0.1, 0.15) is 11.6 Å². The van der Waals surface area contributed by atoms with Crippen LogP contribution in [0, 0.1) is 5.82 Å². The molecule has 0 fully saturated rings. The molecule has 24 heavy (non-hydrogen) atoms. The maximum Gasteiger partial charge on any atom is 0.251 e. The quantitative estimate of drug-likeness (QED) is 0.589. The molecular formula is C20H22FNO2. The summed E-state index contributed by atoms with van der Waals surface area (Å²) in [5.74, 6) is 0.409. The Hall–Kier alpha value is -2.62. The summed E-state index contributed by atoms with van der Waals surface area (Å²) in [6.07, 6.45) is 4.02. The van der Waals surface area contributed by atoms with E-state index in [-0.39, 0.29) is 11.7 Å². The van der Waals surface area contributed by atoms with E-state index in [1.165, 1.54) is 12.1 Å². The van der Waals surface area contributed by atoms with E-state index in [1.807, 2.05) is 6.07 Å². The predicted molar refractivity (Wildman–Crippen MR) is 93.9 cm³/mol. The van der Waals surface area contributed by atoms with Gasteiger partial charge in [-0.3, -0.25) is 4.79 Å². The largest absolute Gasteiger partial charge is 0.496 e. The van der Waals surface area contributed by atoms with Gasteiger partial charge in [0, 0.05) is 12.1 Å². The van der Waals surface area contributed by atoms with Crippen molar-refractivity contribution in [1.82, 2.24) is 5.32 Å². The van der Waals surface area contributed by atoms with Gasteiger partial charge in [-0.2, -0.15) is 0 Å². The number of halogens is 1. The summed E-state index contributed by atoms with van der Waals surface area (Å²) in [6, 6.07) is 11.8. The predicted octanol–water partition coefficient (Wildman–Crippen LogP) is 3.93. The molecule has 0 heterocycles. The van der Waals surface area contributed by atoms with Gasteiger partial charge in [-0.05, 0) is 60.7 Å². The van der Waals surface area contributed by atoms with Crippen LogP contribution in [0.4, 0.5) is 4.39 Å². The second kappa shape index (κ2) is 8.87. The molecule has 2 aromatic carbocycles. The molecule has 0 radical (unpaired) electrons. The molecule has 4 heteroatoms. The number of aryl methyl sites for hydroxylation is 1. The number of methoxy groups -OCH3 is 1. The Bertz CT molecular complexity index is 695. The first-order chi connectivity index (χ1) is 11.6. The zero-order valence-electron chi connectivity index (χ0n) is 13.8. The number of rotatable bonds is 8. The van der Waals surface area contributed by atoms with Crippen LogP contribution >= 0.6 is 0 Å². The zero-order valence-corrected chi connectivity index (χ0v) is 13.8. The fourth-order valence-corrected chi connectivity index (χ4v) is 2.48. The Morgan fingerprint density at radius 2 is 2.00 bits per heavy atom. The smallest absolute Gasteiger partial charge is 0.251 e. The molecule has 0 aliphatic rings. The first-order valence-electron chi connectivity index (χ1n) is 7.94. The topological polar surface area (TPSA) is 38.3 Å². The van der Waals surface area contributed by atoms with E-state index in [0.29, 0.717) is 18.5 Å². The van der Waals surface area contributed by atoms with Crippen LogP contribution in [0.15, 0.2) is 55.1 Å². The van der Waals surface area contributed by atoms with Crippen molar-refractivity contribution < 1.29 is 13.9 Å². The van der Waals surface area contributed by atoms with Gasteiger partial charge in [0.2, 0.25) is 0 Å². The lowest BCUT2D eigenvalue weighted by atomic mass is 10.1. The molecule has 0 saturated carbocycles. The lowest BCUT2D eigenvalue weighted by molar-refractivity contribution is 0.0953. The number of allylic oxidation sites excluding steroid dienone is 1. The van der Waals surface area contributed by atoms with Gasteiger partial charge >= 0.3 is 0 Å². The number of hydrogen-bond acceptors (Lipinski definition) is 2. The van der Waals surface area contributed by atoms with Crippen LogP contribution in [-0.4, -0.2) is 19.6 Å². The summed E-state index contributed by atoms with van der Waals surface area (Å²) in [5, 5.41) is 2.91. The molecule has 0 aliphatic heterocycles. The third kappa shape index (κ3) is 4.95. The summed E-state index contributed by atoms with van der Waals surface area (Å²) in [4.78, 5) is 12.2. The third-order valence-electron chi connectivity index (χ3n) is 3.75. The Labute approximate surface area is 142 Å². The van der Waals surface area contributed by atoms with Gasteiger partial charge in [0.05, 0.1) is 7.11 Å². The summed E-state index contributed by atoms with van der Waals surface area (Å²) in [5.41, 5.74) is 2.60. The number of carbonyl (C=O) groups is 1. The Balaban J connectivity index is 1.86. The second-order valence-electron chi connectivity index (χ2n) is 5.51. The summed E-state index contributed by atoms with van der Waals surface area (Å²) in [6.45, 7) is 4.29. The maximum atomic E-state index is 12.8. The van der Waals surface area contributed by atoms with Crippen LogP contribution in [0.5, 0.6) is 5.75 Å². The van der Waals surface area contributed by atoms with Crippen LogP contribution < -0.4 is 10.1 Å². The van der Waals surface area contributed by atoms with Crippen LogP contribution in [0.3, 0.4) is 0 Å². The minimum Gasteiger partial charge on any atom is -0.496 e. The maximum absolute atomic E-state index is 12.8. The number of benzene rings is 2. The van der Waals surface area contributed by atoms with E-state index in [2.05, 4.69) is 11.9 Å². The zero-order chi connectivity index (χ0) is 17.4. The molecule has 0 bridgehead atoms. The highest BCUT2D eigenvalue weighted by Crippen LogP contribution is 2.20. The van der Waals surface area contributed by atoms with E-state index in [1.54, 1.807) is 37.5 Å². The SMILES string of the molecule is C=CCc1cc(C(=O)NCCCc2ccc(F)cc2)ccc1OC. The molecule has 0 saturated heterocycles. The van der Waals surface area contributed by atoms with Crippen molar-refractivity contribution in [3.8, 4) is 5.75 Å². The second-order valence-corrected chi connectivity index (χ2v) is 5.51. The molecule has 126 valence electrons. The highest BCUT2D eigenvalue weighted by Gasteiger charge is 2.09. The molecule has 3 nitrogen and oxygen atoms in total. The molecule has 1 amide bonds. The fraction of sp³-hybridized carbons (Fsp3) is 0.250. The van der Waals surface area contributed by atoms with Gasteiger partial charge in [0.25, 0.3) is 5.91 Å². The number of carbonyl (C=O) groups excluding carboxylic acids is 1. The van der Waals surface area contributed by atoms with Crippen molar-refractivity contribution in [2.45, 2.75) is 19.3 Å². The minimum atomic E-state index is -0.234. The molecule has 2 aromatic rings. The summed E-state index contributed by atoms with van der Waals surface area (Å²) >= 11 is 0. The summed E-state index contributed by atoms with van der Waals surface area (Å²) < 4.78 is 18.1. The molecule has 0 unspecified atom stereocenters. The van der Waals surface area contributed by atoms with Gasteiger partial charge in [-0.1, -0.05) is 18.2 Å². The summed E-state index contributed by atoms with van der Waals surface area (Å²) in [7, 11) is 1.61. The highest BCUT2D eigenvalue weighted by atomic mass is 19.1. The lowest BCUT2D eigenvalue weighted by Crippen LogP contribution is -2.24. The Morgan fingerprint density at radius 1 is 1.25 bits per heavy atom. The number of amides is 1. The van der Waals surface area contributed by atoms with Crippen molar-refractivity contribution in [3.63, 3.8) is 0 Å². The Morgan fingerprint density at radius 3 is 2.67 bits per heavy atom. The average Bonchev–Trinajstić information content (AvgIpc) is 2.60. The molecule has 0 aliphatic carbocycles. The molecule has 0 spiro atoms. The van der Waals surface area contributed by atoms with Gasteiger partial charge in [-0.15, -0.1) is 6.58 Å². The van der Waals surface area contributed by atoms with Crippen molar-refractivity contribution in [3.05, 3.63) is 77.6 Å².